The summed E-state index contributed by atoms with van der Waals surface area (Å²) in [5.74, 6) is -0.291. The second-order valence-corrected chi connectivity index (χ2v) is 27.4. The first-order chi connectivity index (χ1) is 47.3. The third kappa shape index (κ3) is 39.5. The van der Waals surface area contributed by atoms with E-state index in [-0.39, 0.29) is 18.9 Å². The summed E-state index contributed by atoms with van der Waals surface area (Å²) < 4.78 is 34.4. The molecule has 3 saturated heterocycles. The molecule has 0 aromatic rings. The first-order valence-electron chi connectivity index (χ1n) is 38.7. The zero-order chi connectivity index (χ0) is 70.4. The number of carbonyl (C=O) groups is 1. The van der Waals surface area contributed by atoms with E-state index in [1.54, 1.807) is 6.08 Å². The average Bonchev–Trinajstić information content (AvgIpc) is 0.790. The molecule has 0 aliphatic carbocycles. The molecule has 564 valence electrons. The first-order valence-corrected chi connectivity index (χ1v) is 38.7. The monoisotopic (exact) mass is 1380 g/mol. The number of hydrogen-bond acceptors (Lipinski definition) is 18. The van der Waals surface area contributed by atoms with E-state index < -0.39 is 124 Å². The van der Waals surface area contributed by atoms with Crippen molar-refractivity contribution in [3.05, 3.63) is 72.9 Å². The Morgan fingerprint density at radius 1 is 0.371 bits per heavy atom. The second-order valence-electron chi connectivity index (χ2n) is 27.4. The van der Waals surface area contributed by atoms with Gasteiger partial charge in [-0.05, 0) is 83.5 Å². The molecule has 3 heterocycles. The van der Waals surface area contributed by atoms with Crippen molar-refractivity contribution in [2.45, 2.75) is 388 Å². The predicted molar refractivity (Wildman–Crippen MR) is 383 cm³/mol. The van der Waals surface area contributed by atoms with Gasteiger partial charge in [0, 0.05) is 6.42 Å². The number of allylic oxidation sites excluding steroid dienone is 11. The lowest BCUT2D eigenvalue weighted by Gasteiger charge is -2.48. The summed E-state index contributed by atoms with van der Waals surface area (Å²) in [6, 6.07) is -1.00. The molecular weight excluding hydrogens is 1240 g/mol. The molecule has 17 unspecified atom stereocenters. The molecule has 0 bridgehead atoms. The van der Waals surface area contributed by atoms with Gasteiger partial charge in [0.2, 0.25) is 5.91 Å². The fraction of sp³-hybridized carbons (Fsp3) is 0.833. The zero-order valence-electron chi connectivity index (χ0n) is 60.0. The SMILES string of the molecule is CCCCCCC/C=C\C/C=C\C/C=C\CCCCCCCCCCCCCCC(=O)NC(COC1OC(CO)C(OC2OC(CO)C(OC3OC(CO)C(O)C(O)C3O)C(O)C2O)C(O)C1O)C(O)/C=C/CC/C=C/CC/C=C/CCCCCCCCCCCCCCCCC. The maximum atomic E-state index is 13.5. The van der Waals surface area contributed by atoms with Gasteiger partial charge in [-0.2, -0.15) is 0 Å². The van der Waals surface area contributed by atoms with Gasteiger partial charge in [0.15, 0.2) is 18.9 Å². The molecule has 0 aromatic carbocycles. The minimum Gasteiger partial charge on any atom is -0.394 e. The third-order valence-corrected chi connectivity index (χ3v) is 19.0. The molecule has 97 heavy (non-hydrogen) atoms. The highest BCUT2D eigenvalue weighted by molar-refractivity contribution is 5.76. The molecule has 0 aromatic heterocycles. The van der Waals surface area contributed by atoms with Crippen molar-refractivity contribution in [2.75, 3.05) is 26.4 Å². The molecule has 12 N–H and O–H groups in total. The van der Waals surface area contributed by atoms with Crippen molar-refractivity contribution in [1.29, 1.82) is 0 Å². The summed E-state index contributed by atoms with van der Waals surface area (Å²) in [5, 5.41) is 121. The second kappa shape index (κ2) is 58.7. The number of aliphatic hydroxyl groups is 11. The fourth-order valence-corrected chi connectivity index (χ4v) is 12.7. The van der Waals surface area contributed by atoms with Crippen LogP contribution in [0.2, 0.25) is 0 Å². The summed E-state index contributed by atoms with van der Waals surface area (Å²) >= 11 is 0. The molecule has 3 aliphatic rings. The number of amides is 1. The number of aliphatic hydroxyl groups excluding tert-OH is 11. The number of nitrogens with one attached hydrogen (secondary N) is 1. The minimum absolute atomic E-state index is 0.227. The van der Waals surface area contributed by atoms with Crippen LogP contribution in [-0.4, -0.2) is 193 Å². The van der Waals surface area contributed by atoms with E-state index in [4.69, 9.17) is 28.4 Å². The Bertz CT molecular complexity index is 2040. The highest BCUT2D eigenvalue weighted by atomic mass is 16.8. The van der Waals surface area contributed by atoms with Crippen LogP contribution in [-0.2, 0) is 33.2 Å². The van der Waals surface area contributed by atoms with Crippen LogP contribution in [0.5, 0.6) is 0 Å². The molecule has 17 atom stereocenters. The van der Waals surface area contributed by atoms with Crippen LogP contribution in [0.4, 0.5) is 0 Å². The van der Waals surface area contributed by atoms with Gasteiger partial charge in [0.1, 0.15) is 73.2 Å². The van der Waals surface area contributed by atoms with Crippen LogP contribution >= 0.6 is 0 Å². The molecule has 19 nitrogen and oxygen atoms in total. The van der Waals surface area contributed by atoms with E-state index >= 15 is 0 Å². The number of unbranched alkanes of at least 4 members (excludes halogenated alkanes) is 34. The molecule has 0 spiro atoms. The van der Waals surface area contributed by atoms with E-state index in [1.807, 2.05) is 6.08 Å². The standard InChI is InChI=1S/C78H139NO18/c1-3-5-7-9-11-13-15-17-19-21-23-25-27-29-30-32-34-36-38-40-42-44-46-48-50-52-54-56-66(84)79-61(62(83)55-53-51-49-47-45-43-41-39-37-35-33-31-28-26-24-22-20-18-16-14-12-10-8-6-4-2)60-92-76-72(90)69(87)74(64(58-81)94-76)97-78-73(91)70(88)75(65(59-82)95-78)96-77-71(89)68(86)67(85)63(57-80)93-77/h15,17,21,23,27,29,37,39,45,47,53,55,61-65,67-78,80-83,85-91H,3-14,16,18-20,22,24-26,28,30-36,38,40-44,46,48-52,54,56-60H2,1-2H3,(H,79,84)/b17-15-,23-21-,29-27-,39-37+,47-45+,55-53+. The maximum Gasteiger partial charge on any atom is 0.220 e. The molecule has 3 fully saturated rings. The minimum atomic E-state index is -1.99. The fourth-order valence-electron chi connectivity index (χ4n) is 12.7. The van der Waals surface area contributed by atoms with Gasteiger partial charge in [-0.15, -0.1) is 0 Å². The Kier molecular flexibility index (Phi) is 53.5. The van der Waals surface area contributed by atoms with Crippen molar-refractivity contribution in [2.24, 2.45) is 0 Å². The van der Waals surface area contributed by atoms with Crippen LogP contribution in [0.15, 0.2) is 72.9 Å². The number of hydrogen-bond donors (Lipinski definition) is 12. The number of rotatable bonds is 60. The molecule has 1 amide bonds. The summed E-state index contributed by atoms with van der Waals surface area (Å²) in [6.07, 6.45) is 48.8. The van der Waals surface area contributed by atoms with Crippen molar-refractivity contribution in [1.82, 2.24) is 5.32 Å². The normalized spacial score (nSPS) is 27.3. The van der Waals surface area contributed by atoms with Gasteiger partial charge < -0.3 is 89.9 Å². The van der Waals surface area contributed by atoms with Crippen molar-refractivity contribution in [3.8, 4) is 0 Å². The van der Waals surface area contributed by atoms with Gasteiger partial charge in [-0.3, -0.25) is 4.79 Å². The molecule has 3 rings (SSSR count). The molecule has 19 heteroatoms. The Balaban J connectivity index is 1.42. The van der Waals surface area contributed by atoms with Crippen molar-refractivity contribution in [3.63, 3.8) is 0 Å². The maximum absolute atomic E-state index is 13.5. The van der Waals surface area contributed by atoms with Gasteiger partial charge in [0.25, 0.3) is 0 Å². The largest absolute Gasteiger partial charge is 0.394 e. The molecule has 3 aliphatic heterocycles. The van der Waals surface area contributed by atoms with E-state index in [0.717, 1.165) is 70.6 Å². The number of ether oxygens (including phenoxy) is 6. The average molecular weight is 1380 g/mol. The lowest BCUT2D eigenvalue weighted by atomic mass is 9.96. The molecular formula is C78H139NO18. The zero-order valence-corrected chi connectivity index (χ0v) is 60.0. The van der Waals surface area contributed by atoms with Crippen LogP contribution in [0, 0.1) is 0 Å². The van der Waals surface area contributed by atoms with Crippen LogP contribution in [0.25, 0.3) is 0 Å². The smallest absolute Gasteiger partial charge is 0.220 e. The Labute approximate surface area is 585 Å². The summed E-state index contributed by atoms with van der Waals surface area (Å²) in [7, 11) is 0. The van der Waals surface area contributed by atoms with E-state index in [2.05, 4.69) is 79.9 Å². The van der Waals surface area contributed by atoms with E-state index in [9.17, 15) is 61.0 Å². The summed E-state index contributed by atoms with van der Waals surface area (Å²) in [4.78, 5) is 13.5. The van der Waals surface area contributed by atoms with E-state index in [1.165, 1.54) is 180 Å². The van der Waals surface area contributed by atoms with Crippen molar-refractivity contribution < 1.29 is 89.4 Å². The lowest BCUT2D eigenvalue weighted by molar-refractivity contribution is -0.379. The third-order valence-electron chi connectivity index (χ3n) is 19.0. The highest BCUT2D eigenvalue weighted by Crippen LogP contribution is 2.33. The molecule has 0 radical (unpaired) electrons. The number of carbonyl (C=O) groups excluding carboxylic acids is 1. The van der Waals surface area contributed by atoms with E-state index in [0.29, 0.717) is 12.8 Å². The van der Waals surface area contributed by atoms with Crippen LogP contribution < -0.4 is 5.32 Å². The van der Waals surface area contributed by atoms with Crippen LogP contribution in [0.1, 0.15) is 284 Å². The molecule has 0 saturated carbocycles. The summed E-state index contributed by atoms with van der Waals surface area (Å²) in [6.45, 7) is 1.72. The topological polar surface area (TPSA) is 307 Å². The highest BCUT2D eigenvalue weighted by Gasteiger charge is 2.53. The lowest BCUT2D eigenvalue weighted by Crippen LogP contribution is -2.66. The quantitative estimate of drug-likeness (QED) is 0.0199. The van der Waals surface area contributed by atoms with Crippen molar-refractivity contribution >= 4 is 5.91 Å². The first kappa shape index (κ1) is 88.4. The van der Waals surface area contributed by atoms with Gasteiger partial charge in [0.05, 0.1) is 38.6 Å². The van der Waals surface area contributed by atoms with Gasteiger partial charge >= 0.3 is 0 Å². The van der Waals surface area contributed by atoms with Gasteiger partial charge in [-0.1, -0.05) is 267 Å². The predicted octanol–water partition coefficient (Wildman–Crippen LogP) is 12.1. The summed E-state index contributed by atoms with van der Waals surface area (Å²) in [5.41, 5.74) is 0. The Morgan fingerprint density at radius 3 is 1.10 bits per heavy atom. The van der Waals surface area contributed by atoms with Crippen LogP contribution in [0.3, 0.4) is 0 Å². The Morgan fingerprint density at radius 2 is 0.691 bits per heavy atom. The van der Waals surface area contributed by atoms with Gasteiger partial charge in [-0.25, -0.2) is 0 Å². The Hall–Kier alpha value is -2.77.